The van der Waals surface area contributed by atoms with E-state index in [-0.39, 0.29) is 0 Å². The Labute approximate surface area is 72.2 Å². The summed E-state index contributed by atoms with van der Waals surface area (Å²) in [6.45, 7) is 3.04. The molecule has 0 atom stereocenters. The molecule has 0 unspecified atom stereocenters. The van der Waals surface area contributed by atoms with Crippen molar-refractivity contribution in [1.82, 2.24) is 9.97 Å². The van der Waals surface area contributed by atoms with Gasteiger partial charge in [-0.15, -0.1) is 0 Å². The van der Waals surface area contributed by atoms with Crippen LogP contribution in [0.3, 0.4) is 0 Å². The summed E-state index contributed by atoms with van der Waals surface area (Å²) in [5, 5.41) is 3.30. The minimum atomic E-state index is 0.889. The van der Waals surface area contributed by atoms with Crippen molar-refractivity contribution in [1.29, 1.82) is 0 Å². The minimum absolute atomic E-state index is 0.889. The number of rotatable bonds is 3. The van der Waals surface area contributed by atoms with Crippen LogP contribution >= 0.6 is 0 Å². The number of anilines is 1. The number of hydrogen-bond donors (Lipinski definition) is 1. The normalized spacial score (nSPS) is 16.1. The van der Waals surface area contributed by atoms with Crippen LogP contribution in [-0.2, 0) is 0 Å². The molecule has 1 saturated carbocycles. The zero-order valence-electron chi connectivity index (χ0n) is 7.25. The Hall–Kier alpha value is -1.12. The monoisotopic (exact) mass is 163 g/mol. The summed E-state index contributed by atoms with van der Waals surface area (Å²) in [6.07, 6.45) is 4.35. The van der Waals surface area contributed by atoms with E-state index in [1.54, 1.807) is 6.33 Å². The Morgan fingerprint density at radius 3 is 3.00 bits per heavy atom. The van der Waals surface area contributed by atoms with E-state index in [4.69, 9.17) is 0 Å². The molecule has 1 aromatic rings. The van der Waals surface area contributed by atoms with Crippen LogP contribution in [0.4, 0.5) is 5.82 Å². The molecule has 0 saturated heterocycles. The van der Waals surface area contributed by atoms with Gasteiger partial charge < -0.3 is 5.32 Å². The molecule has 0 aromatic carbocycles. The molecule has 2 rings (SSSR count). The van der Waals surface area contributed by atoms with Crippen molar-refractivity contribution < 1.29 is 0 Å². The zero-order chi connectivity index (χ0) is 8.39. The zero-order valence-corrected chi connectivity index (χ0v) is 7.25. The van der Waals surface area contributed by atoms with Gasteiger partial charge in [-0.1, -0.05) is 0 Å². The van der Waals surface area contributed by atoms with Crippen molar-refractivity contribution in [3.05, 3.63) is 18.1 Å². The van der Waals surface area contributed by atoms with E-state index < -0.39 is 0 Å². The molecule has 0 aliphatic heterocycles. The molecule has 3 heteroatoms. The summed E-state index contributed by atoms with van der Waals surface area (Å²) >= 11 is 0. The lowest BCUT2D eigenvalue weighted by molar-refractivity contribution is 0.880. The lowest BCUT2D eigenvalue weighted by Crippen LogP contribution is -2.05. The third-order valence-electron chi connectivity index (χ3n) is 2.07. The molecule has 1 aliphatic carbocycles. The Morgan fingerprint density at radius 1 is 1.50 bits per heavy atom. The van der Waals surface area contributed by atoms with E-state index in [0.29, 0.717) is 0 Å². The lowest BCUT2D eigenvalue weighted by atomic mass is 10.4. The summed E-state index contributed by atoms with van der Waals surface area (Å²) in [7, 11) is 0. The Bertz CT molecular complexity index is 268. The predicted molar refractivity (Wildman–Crippen MR) is 48.0 cm³/mol. The van der Waals surface area contributed by atoms with Gasteiger partial charge in [0.2, 0.25) is 0 Å². The first-order valence-corrected chi connectivity index (χ1v) is 4.37. The van der Waals surface area contributed by atoms with Crippen molar-refractivity contribution in [3.8, 4) is 0 Å². The first-order valence-electron chi connectivity index (χ1n) is 4.37. The Kier molecular flexibility index (Phi) is 1.94. The molecule has 1 aliphatic rings. The fraction of sp³-hybridized carbons (Fsp3) is 0.556. The van der Waals surface area contributed by atoms with E-state index in [9.17, 15) is 0 Å². The van der Waals surface area contributed by atoms with Crippen LogP contribution in [0.25, 0.3) is 0 Å². The maximum atomic E-state index is 4.12. The average Bonchev–Trinajstić information content (AvgIpc) is 2.84. The highest BCUT2D eigenvalue weighted by Gasteiger charge is 2.20. The van der Waals surface area contributed by atoms with Gasteiger partial charge in [0.15, 0.2) is 0 Å². The van der Waals surface area contributed by atoms with Crippen molar-refractivity contribution in [2.45, 2.75) is 19.8 Å². The molecule has 0 bridgehead atoms. The van der Waals surface area contributed by atoms with E-state index in [1.807, 2.05) is 13.0 Å². The highest BCUT2D eigenvalue weighted by molar-refractivity contribution is 5.34. The van der Waals surface area contributed by atoms with E-state index in [0.717, 1.165) is 24.0 Å². The predicted octanol–water partition coefficient (Wildman–Crippen LogP) is 1.61. The maximum absolute atomic E-state index is 4.12. The molecule has 0 radical (unpaired) electrons. The fourth-order valence-corrected chi connectivity index (χ4v) is 1.12. The number of nitrogens with zero attached hydrogens (tertiary/aromatic N) is 2. The van der Waals surface area contributed by atoms with Gasteiger partial charge in [0, 0.05) is 18.3 Å². The van der Waals surface area contributed by atoms with Gasteiger partial charge in [0.05, 0.1) is 0 Å². The second-order valence-electron chi connectivity index (χ2n) is 3.37. The van der Waals surface area contributed by atoms with E-state index >= 15 is 0 Å². The summed E-state index contributed by atoms with van der Waals surface area (Å²) in [5.74, 6) is 1.84. The minimum Gasteiger partial charge on any atom is -0.370 e. The van der Waals surface area contributed by atoms with Gasteiger partial charge in [0.25, 0.3) is 0 Å². The summed E-state index contributed by atoms with van der Waals surface area (Å²) in [6, 6.07) is 1.97. The van der Waals surface area contributed by atoms with Gasteiger partial charge in [0.1, 0.15) is 12.1 Å². The maximum Gasteiger partial charge on any atom is 0.129 e. The Morgan fingerprint density at radius 2 is 2.33 bits per heavy atom. The smallest absolute Gasteiger partial charge is 0.129 e. The molecule has 0 amide bonds. The highest BCUT2D eigenvalue weighted by atomic mass is 15.0. The largest absolute Gasteiger partial charge is 0.370 e. The van der Waals surface area contributed by atoms with Gasteiger partial charge >= 0.3 is 0 Å². The van der Waals surface area contributed by atoms with Crippen molar-refractivity contribution in [2.24, 2.45) is 5.92 Å². The summed E-state index contributed by atoms with van der Waals surface area (Å²) in [4.78, 5) is 8.15. The quantitative estimate of drug-likeness (QED) is 0.735. The lowest BCUT2D eigenvalue weighted by Gasteiger charge is -2.03. The van der Waals surface area contributed by atoms with Crippen molar-refractivity contribution in [3.63, 3.8) is 0 Å². The van der Waals surface area contributed by atoms with Gasteiger partial charge in [-0.2, -0.15) is 0 Å². The average molecular weight is 163 g/mol. The van der Waals surface area contributed by atoms with Crippen LogP contribution < -0.4 is 5.32 Å². The highest BCUT2D eigenvalue weighted by Crippen LogP contribution is 2.28. The van der Waals surface area contributed by atoms with Crippen LogP contribution in [0.15, 0.2) is 12.4 Å². The first kappa shape index (κ1) is 7.53. The van der Waals surface area contributed by atoms with Gasteiger partial charge in [-0.25, -0.2) is 9.97 Å². The molecule has 1 aromatic heterocycles. The standard InChI is InChI=1S/C9H13N3/c1-7-4-9(12-6-11-7)10-5-8-2-3-8/h4,6,8H,2-3,5H2,1H3,(H,10,11,12). The second-order valence-corrected chi connectivity index (χ2v) is 3.37. The van der Waals surface area contributed by atoms with Crippen LogP contribution in [0, 0.1) is 12.8 Å². The van der Waals surface area contributed by atoms with Crippen LogP contribution in [0.5, 0.6) is 0 Å². The van der Waals surface area contributed by atoms with Crippen LogP contribution in [0.1, 0.15) is 18.5 Å². The molecule has 0 spiro atoms. The van der Waals surface area contributed by atoms with Crippen LogP contribution in [-0.4, -0.2) is 16.5 Å². The van der Waals surface area contributed by atoms with Gasteiger partial charge in [-0.3, -0.25) is 0 Å². The third-order valence-corrected chi connectivity index (χ3v) is 2.07. The van der Waals surface area contributed by atoms with Gasteiger partial charge in [-0.05, 0) is 25.7 Å². The molecule has 64 valence electrons. The molecule has 1 heterocycles. The molecular weight excluding hydrogens is 150 g/mol. The van der Waals surface area contributed by atoms with Crippen LogP contribution in [0.2, 0.25) is 0 Å². The molecule has 1 N–H and O–H groups in total. The third kappa shape index (κ3) is 1.94. The second kappa shape index (κ2) is 3.09. The number of aromatic nitrogens is 2. The number of hydrogen-bond acceptors (Lipinski definition) is 3. The molecule has 1 fully saturated rings. The fourth-order valence-electron chi connectivity index (χ4n) is 1.12. The molecule has 12 heavy (non-hydrogen) atoms. The van der Waals surface area contributed by atoms with Crippen molar-refractivity contribution >= 4 is 5.82 Å². The SMILES string of the molecule is Cc1cc(NCC2CC2)ncn1. The molecule has 3 nitrogen and oxygen atoms in total. The topological polar surface area (TPSA) is 37.8 Å². The summed E-state index contributed by atoms with van der Waals surface area (Å²) < 4.78 is 0. The first-order chi connectivity index (χ1) is 5.84. The summed E-state index contributed by atoms with van der Waals surface area (Å²) in [5.41, 5.74) is 1.02. The van der Waals surface area contributed by atoms with Crippen molar-refractivity contribution in [2.75, 3.05) is 11.9 Å². The number of aryl methyl sites for hydroxylation is 1. The Balaban J connectivity index is 1.92. The molecular formula is C9H13N3. The van der Waals surface area contributed by atoms with E-state index in [1.165, 1.54) is 12.8 Å². The van der Waals surface area contributed by atoms with E-state index in [2.05, 4.69) is 15.3 Å². The number of nitrogens with one attached hydrogen (secondary N) is 1.